The Morgan fingerprint density at radius 1 is 1.28 bits per heavy atom. The number of allylic oxidation sites excluding steroid dienone is 2. The molecule has 0 unspecified atom stereocenters. The molecule has 1 aromatic carbocycles. The van der Waals surface area contributed by atoms with Crippen LogP contribution in [0.1, 0.15) is 38.2 Å². The lowest BCUT2D eigenvalue weighted by atomic mass is 9.93. The van der Waals surface area contributed by atoms with Gasteiger partial charge in [-0.1, -0.05) is 42.5 Å². The second-order valence-electron chi connectivity index (χ2n) is 7.55. The number of carbonyl (C=O) groups excluding carboxylic acids is 4. The van der Waals surface area contributed by atoms with E-state index in [1.165, 1.54) is 0 Å². The zero-order valence-electron chi connectivity index (χ0n) is 16.3. The van der Waals surface area contributed by atoms with E-state index in [1.807, 2.05) is 42.5 Å². The molecule has 154 valence electrons. The molecule has 2 atom stereocenters. The number of hydrogen-bond donors (Lipinski definition) is 2. The fourth-order valence-electron chi connectivity index (χ4n) is 3.44. The first-order chi connectivity index (χ1) is 13.9. The summed E-state index contributed by atoms with van der Waals surface area (Å²) in [6.45, 7) is 1.07. The van der Waals surface area contributed by atoms with Gasteiger partial charge in [0.05, 0.1) is 6.42 Å². The van der Waals surface area contributed by atoms with Crippen molar-refractivity contribution in [2.45, 2.75) is 44.6 Å². The van der Waals surface area contributed by atoms with Crippen molar-refractivity contribution in [2.24, 2.45) is 5.92 Å². The fourth-order valence-corrected chi connectivity index (χ4v) is 3.44. The molecule has 0 spiro atoms. The first kappa shape index (κ1) is 20.6. The fraction of sp³-hybridized carbons (Fsp3) is 0.429. The summed E-state index contributed by atoms with van der Waals surface area (Å²) in [5.74, 6) is -1.63. The number of carbonyl (C=O) groups is 4. The molecule has 4 amide bonds. The van der Waals surface area contributed by atoms with Crippen LogP contribution in [0.25, 0.3) is 0 Å². The number of aryl methyl sites for hydroxylation is 1. The predicted molar refractivity (Wildman–Crippen MR) is 104 cm³/mol. The minimum absolute atomic E-state index is 0.141. The number of esters is 1. The zero-order valence-corrected chi connectivity index (χ0v) is 16.3. The third kappa shape index (κ3) is 5.22. The number of ether oxygens (including phenoxy) is 1. The number of urea groups is 1. The quantitative estimate of drug-likeness (QED) is 0.394. The average Bonchev–Trinajstić information content (AvgIpc) is 3.28. The first-order valence-electron chi connectivity index (χ1n) is 9.70. The van der Waals surface area contributed by atoms with E-state index in [2.05, 4.69) is 10.7 Å². The van der Waals surface area contributed by atoms with Gasteiger partial charge in [-0.15, -0.1) is 0 Å². The molecule has 0 radical (unpaired) electrons. The van der Waals surface area contributed by atoms with Gasteiger partial charge < -0.3 is 10.1 Å². The van der Waals surface area contributed by atoms with Gasteiger partial charge in [0.15, 0.2) is 6.61 Å². The standard InChI is InChI=1S/C21H25N3O5/c1-21(12-11-15-7-3-2-4-8-15)19(27)24(20(28)22-21)23-17(25)14-29-18(26)13-16-9-5-6-10-16/h2-5,7-9,16H,6,10-14H2,1H3,(H,22,28)(H,23,25)/t16-,21+/m1/s1. The van der Waals surface area contributed by atoms with Crippen molar-refractivity contribution in [1.82, 2.24) is 15.8 Å². The maximum absolute atomic E-state index is 12.7. The van der Waals surface area contributed by atoms with Crippen LogP contribution in [-0.4, -0.2) is 41.0 Å². The molecule has 2 aliphatic rings. The number of imide groups is 1. The highest BCUT2D eigenvalue weighted by molar-refractivity contribution is 6.07. The summed E-state index contributed by atoms with van der Waals surface area (Å²) in [4.78, 5) is 48.7. The van der Waals surface area contributed by atoms with Gasteiger partial charge in [0, 0.05) is 0 Å². The number of hydrazine groups is 1. The van der Waals surface area contributed by atoms with Crippen molar-refractivity contribution < 1.29 is 23.9 Å². The predicted octanol–water partition coefficient (Wildman–Crippen LogP) is 1.86. The molecule has 8 nitrogen and oxygen atoms in total. The first-order valence-corrected chi connectivity index (χ1v) is 9.70. The van der Waals surface area contributed by atoms with Crippen LogP contribution in [0.4, 0.5) is 4.79 Å². The van der Waals surface area contributed by atoms with E-state index < -0.39 is 36.0 Å². The lowest BCUT2D eigenvalue weighted by Crippen LogP contribution is -2.50. The molecule has 2 N–H and O–H groups in total. The van der Waals surface area contributed by atoms with Crippen molar-refractivity contribution in [2.75, 3.05) is 6.61 Å². The number of amides is 4. The Kier molecular flexibility index (Phi) is 6.31. The third-order valence-corrected chi connectivity index (χ3v) is 5.16. The van der Waals surface area contributed by atoms with Crippen molar-refractivity contribution in [3.05, 3.63) is 48.0 Å². The molecule has 0 saturated carbocycles. The number of hydrogen-bond acceptors (Lipinski definition) is 5. The third-order valence-electron chi connectivity index (χ3n) is 5.16. The van der Waals surface area contributed by atoms with E-state index >= 15 is 0 Å². The summed E-state index contributed by atoms with van der Waals surface area (Å²) < 4.78 is 4.95. The Hall–Kier alpha value is -3.16. The Labute approximate surface area is 169 Å². The highest BCUT2D eigenvalue weighted by atomic mass is 16.5. The van der Waals surface area contributed by atoms with Gasteiger partial charge in [0.1, 0.15) is 5.54 Å². The summed E-state index contributed by atoms with van der Waals surface area (Å²) in [6.07, 6.45) is 7.00. The molecule has 3 rings (SSSR count). The summed E-state index contributed by atoms with van der Waals surface area (Å²) in [6, 6.07) is 8.90. The van der Waals surface area contributed by atoms with Gasteiger partial charge in [-0.05, 0) is 44.1 Å². The summed E-state index contributed by atoms with van der Waals surface area (Å²) in [7, 11) is 0. The molecule has 8 heteroatoms. The Balaban J connectivity index is 1.47. The van der Waals surface area contributed by atoms with Crippen molar-refractivity contribution in [3.8, 4) is 0 Å². The van der Waals surface area contributed by atoms with Gasteiger partial charge in [0.25, 0.3) is 11.8 Å². The molecular formula is C21H25N3O5. The van der Waals surface area contributed by atoms with Gasteiger partial charge in [-0.2, -0.15) is 5.01 Å². The Morgan fingerprint density at radius 2 is 2.03 bits per heavy atom. The van der Waals surface area contributed by atoms with Crippen LogP contribution in [0.3, 0.4) is 0 Å². The van der Waals surface area contributed by atoms with Crippen LogP contribution in [0.5, 0.6) is 0 Å². The van der Waals surface area contributed by atoms with E-state index in [0.29, 0.717) is 17.9 Å². The molecule has 1 aliphatic carbocycles. The molecule has 1 aliphatic heterocycles. The normalized spacial score (nSPS) is 23.2. The maximum atomic E-state index is 12.7. The molecule has 0 aromatic heterocycles. The smallest absolute Gasteiger partial charge is 0.344 e. The van der Waals surface area contributed by atoms with Crippen LogP contribution in [0.15, 0.2) is 42.5 Å². The molecule has 1 heterocycles. The van der Waals surface area contributed by atoms with Crippen LogP contribution in [0, 0.1) is 5.92 Å². The molecule has 29 heavy (non-hydrogen) atoms. The van der Waals surface area contributed by atoms with Crippen LogP contribution in [0.2, 0.25) is 0 Å². The van der Waals surface area contributed by atoms with E-state index in [4.69, 9.17) is 4.74 Å². The molecule has 1 fully saturated rings. The molecule has 1 aromatic rings. The van der Waals surface area contributed by atoms with E-state index in [9.17, 15) is 19.2 Å². The molecule has 1 saturated heterocycles. The lowest BCUT2D eigenvalue weighted by Gasteiger charge is -2.21. The number of nitrogens with zero attached hydrogens (tertiary/aromatic N) is 1. The highest BCUT2D eigenvalue weighted by Gasteiger charge is 2.48. The van der Waals surface area contributed by atoms with Gasteiger partial charge in [-0.25, -0.2) is 4.79 Å². The van der Waals surface area contributed by atoms with Gasteiger partial charge in [-0.3, -0.25) is 19.8 Å². The highest BCUT2D eigenvalue weighted by Crippen LogP contribution is 2.22. The lowest BCUT2D eigenvalue weighted by molar-refractivity contribution is -0.151. The van der Waals surface area contributed by atoms with Crippen molar-refractivity contribution in [1.29, 1.82) is 0 Å². The van der Waals surface area contributed by atoms with Crippen LogP contribution in [-0.2, 0) is 25.5 Å². The number of benzene rings is 1. The topological polar surface area (TPSA) is 105 Å². The maximum Gasteiger partial charge on any atom is 0.344 e. The number of rotatable bonds is 8. The Bertz CT molecular complexity index is 823. The summed E-state index contributed by atoms with van der Waals surface area (Å²) in [5, 5.41) is 3.28. The van der Waals surface area contributed by atoms with E-state index in [-0.39, 0.29) is 12.3 Å². The SMILES string of the molecule is C[C@@]1(CCc2ccccc2)NC(=O)N(NC(=O)COC(=O)C[C@@H]2C=CCC2)C1=O. The van der Waals surface area contributed by atoms with Crippen LogP contribution < -0.4 is 10.7 Å². The van der Waals surface area contributed by atoms with Crippen molar-refractivity contribution >= 4 is 23.8 Å². The van der Waals surface area contributed by atoms with E-state index in [0.717, 1.165) is 18.4 Å². The minimum atomic E-state index is -1.12. The summed E-state index contributed by atoms with van der Waals surface area (Å²) >= 11 is 0. The number of nitrogens with one attached hydrogen (secondary N) is 2. The van der Waals surface area contributed by atoms with E-state index in [1.54, 1.807) is 6.92 Å². The average molecular weight is 399 g/mol. The second-order valence-corrected chi connectivity index (χ2v) is 7.55. The molecule has 0 bridgehead atoms. The summed E-state index contributed by atoms with van der Waals surface area (Å²) in [5.41, 5.74) is 2.15. The second kappa shape index (κ2) is 8.89. The van der Waals surface area contributed by atoms with Gasteiger partial charge >= 0.3 is 12.0 Å². The largest absolute Gasteiger partial charge is 0.455 e. The Morgan fingerprint density at radius 3 is 2.72 bits per heavy atom. The molecular weight excluding hydrogens is 374 g/mol. The van der Waals surface area contributed by atoms with Crippen LogP contribution >= 0.6 is 0 Å². The minimum Gasteiger partial charge on any atom is -0.455 e. The van der Waals surface area contributed by atoms with Gasteiger partial charge in [0.2, 0.25) is 0 Å². The monoisotopic (exact) mass is 399 g/mol. The zero-order chi connectivity index (χ0) is 20.9. The van der Waals surface area contributed by atoms with Crippen molar-refractivity contribution in [3.63, 3.8) is 0 Å².